The molecule has 0 spiro atoms. The molecule has 0 saturated carbocycles. The van der Waals surface area contributed by atoms with Crippen molar-refractivity contribution in [3.05, 3.63) is 46.2 Å². The van der Waals surface area contributed by atoms with E-state index in [1.807, 2.05) is 0 Å². The Bertz CT molecular complexity index is 1020. The first kappa shape index (κ1) is 19.0. The smallest absolute Gasteiger partial charge is 0.505 e. The Morgan fingerprint density at radius 1 is 1.30 bits per heavy atom. The largest absolute Gasteiger partial charge is 0.573 e. The minimum atomic E-state index is -4.80. The molecule has 3 aromatic rings. The Morgan fingerprint density at radius 3 is 2.63 bits per heavy atom. The monoisotopic (exact) mass is 403 g/mol. The topological polar surface area (TPSA) is 71.7 Å². The van der Waals surface area contributed by atoms with Gasteiger partial charge in [-0.2, -0.15) is 0 Å². The van der Waals surface area contributed by atoms with Gasteiger partial charge in [-0.05, 0) is 35.6 Å². The second kappa shape index (κ2) is 6.76. The number of aromatic nitrogens is 1. The summed E-state index contributed by atoms with van der Waals surface area (Å²) in [5.74, 6) is -2.59. The zero-order valence-corrected chi connectivity index (χ0v) is 14.6. The van der Waals surface area contributed by atoms with Crippen molar-refractivity contribution in [3.63, 3.8) is 0 Å². The van der Waals surface area contributed by atoms with Crippen molar-refractivity contribution >= 4 is 28.2 Å². The first-order valence-electron chi connectivity index (χ1n) is 7.60. The summed E-state index contributed by atoms with van der Waals surface area (Å²) in [6, 6.07) is 3.44. The number of benzene rings is 1. The van der Waals surface area contributed by atoms with Crippen LogP contribution in [0, 0.1) is 12.7 Å². The highest BCUT2D eigenvalue weighted by Gasteiger charge is 2.31. The first-order chi connectivity index (χ1) is 12.5. The Kier molecular flexibility index (Phi) is 4.77. The average molecular weight is 403 g/mol. The Labute approximate surface area is 154 Å². The van der Waals surface area contributed by atoms with E-state index < -0.39 is 23.9 Å². The summed E-state index contributed by atoms with van der Waals surface area (Å²) in [4.78, 5) is 11.2. The second-order valence-electron chi connectivity index (χ2n) is 5.86. The van der Waals surface area contributed by atoms with E-state index in [1.54, 1.807) is 11.5 Å². The fourth-order valence-electron chi connectivity index (χ4n) is 2.92. The van der Waals surface area contributed by atoms with Crippen LogP contribution in [-0.2, 0) is 17.8 Å². The van der Waals surface area contributed by atoms with Gasteiger partial charge in [0.2, 0.25) is 0 Å². The number of carboxylic acids is 1. The van der Waals surface area contributed by atoms with Crippen molar-refractivity contribution in [1.82, 2.24) is 4.57 Å². The number of phenols is 1. The maximum atomic E-state index is 13.8. The number of ether oxygens (including phenoxy) is 1. The van der Waals surface area contributed by atoms with Crippen molar-refractivity contribution in [1.29, 1.82) is 0 Å². The van der Waals surface area contributed by atoms with E-state index in [4.69, 9.17) is 5.11 Å². The fourth-order valence-corrected chi connectivity index (χ4v) is 3.69. The van der Waals surface area contributed by atoms with Crippen LogP contribution in [0.3, 0.4) is 0 Å². The molecule has 5 nitrogen and oxygen atoms in total. The summed E-state index contributed by atoms with van der Waals surface area (Å²) < 4.78 is 56.2. The summed E-state index contributed by atoms with van der Waals surface area (Å²) in [7, 11) is 0. The number of fused-ring (bicyclic) bond motifs is 1. The number of carbonyl (C=O) groups is 1. The molecule has 0 atom stereocenters. The molecule has 0 bridgehead atoms. The third-order valence-corrected chi connectivity index (χ3v) is 4.89. The van der Waals surface area contributed by atoms with Crippen LogP contribution in [0.5, 0.6) is 10.8 Å². The molecule has 0 amide bonds. The lowest BCUT2D eigenvalue weighted by atomic mass is 10.1. The number of aliphatic carboxylic acids is 1. The Morgan fingerprint density at radius 2 is 2.00 bits per heavy atom. The summed E-state index contributed by atoms with van der Waals surface area (Å²) in [5, 5.41) is 20.3. The molecule has 0 aliphatic rings. The summed E-state index contributed by atoms with van der Waals surface area (Å²) in [6.07, 6.45) is -5.14. The van der Waals surface area contributed by atoms with Crippen molar-refractivity contribution in [2.75, 3.05) is 0 Å². The first-order valence-corrected chi connectivity index (χ1v) is 8.48. The minimum absolute atomic E-state index is 0.0872. The number of rotatable bonds is 5. The maximum absolute atomic E-state index is 13.8. The van der Waals surface area contributed by atoms with Gasteiger partial charge >= 0.3 is 12.3 Å². The van der Waals surface area contributed by atoms with Crippen LogP contribution in [0.4, 0.5) is 17.6 Å². The van der Waals surface area contributed by atoms with Gasteiger partial charge < -0.3 is 19.5 Å². The predicted molar refractivity (Wildman–Crippen MR) is 89.7 cm³/mol. The van der Waals surface area contributed by atoms with E-state index in [0.29, 0.717) is 27.7 Å². The number of aromatic hydroxyl groups is 1. The second-order valence-corrected chi connectivity index (χ2v) is 6.74. The van der Waals surface area contributed by atoms with Crippen LogP contribution in [0.15, 0.2) is 23.6 Å². The highest BCUT2D eigenvalue weighted by molar-refractivity contribution is 7.12. The van der Waals surface area contributed by atoms with E-state index >= 15 is 0 Å². The number of nitrogens with zero attached hydrogens (tertiary/aromatic N) is 1. The molecule has 10 heteroatoms. The number of alkyl halides is 3. The van der Waals surface area contributed by atoms with Crippen LogP contribution < -0.4 is 4.74 Å². The van der Waals surface area contributed by atoms with Crippen molar-refractivity contribution in [2.24, 2.45) is 0 Å². The zero-order valence-electron chi connectivity index (χ0n) is 13.8. The third-order valence-electron chi connectivity index (χ3n) is 4.04. The minimum Gasteiger partial charge on any atom is -0.505 e. The lowest BCUT2D eigenvalue weighted by molar-refractivity contribution is -0.273. The molecular formula is C17H13F4NO4S. The predicted octanol–water partition coefficient (Wildman–Crippen LogP) is 4.43. The van der Waals surface area contributed by atoms with E-state index in [0.717, 1.165) is 23.5 Å². The van der Waals surface area contributed by atoms with Crippen LogP contribution in [0.2, 0.25) is 0 Å². The molecule has 3 rings (SSSR count). The number of phenolic OH excluding ortho intramolecular Hbond substituents is 1. The molecule has 0 aliphatic carbocycles. The van der Waals surface area contributed by atoms with Gasteiger partial charge in [-0.3, -0.25) is 4.79 Å². The third kappa shape index (κ3) is 4.00. The van der Waals surface area contributed by atoms with Gasteiger partial charge in [-0.1, -0.05) is 0 Å². The number of halogens is 4. The number of hydrogen-bond acceptors (Lipinski definition) is 4. The Hall–Kier alpha value is -2.75. The zero-order chi connectivity index (χ0) is 19.9. The Balaban J connectivity index is 2.05. The van der Waals surface area contributed by atoms with E-state index in [-0.39, 0.29) is 18.0 Å². The normalized spacial score (nSPS) is 11.9. The summed E-state index contributed by atoms with van der Waals surface area (Å²) in [5.41, 5.74) is 1.73. The highest BCUT2D eigenvalue weighted by Crippen LogP contribution is 2.34. The van der Waals surface area contributed by atoms with E-state index in [2.05, 4.69) is 4.74 Å². The fraction of sp³-hybridized carbons (Fsp3) is 0.235. The molecule has 144 valence electrons. The molecule has 2 heterocycles. The van der Waals surface area contributed by atoms with Crippen molar-refractivity contribution < 1.29 is 37.3 Å². The molecule has 0 saturated heterocycles. The van der Waals surface area contributed by atoms with Crippen LogP contribution >= 0.6 is 11.3 Å². The maximum Gasteiger partial charge on any atom is 0.573 e. The molecule has 0 aliphatic heterocycles. The van der Waals surface area contributed by atoms with Gasteiger partial charge in [0.05, 0.1) is 11.9 Å². The highest BCUT2D eigenvalue weighted by atomic mass is 32.1. The number of thiophene rings is 1. The van der Waals surface area contributed by atoms with Gasteiger partial charge in [-0.15, -0.1) is 24.5 Å². The van der Waals surface area contributed by atoms with E-state index in [9.17, 15) is 27.5 Å². The van der Waals surface area contributed by atoms with Crippen molar-refractivity contribution in [2.45, 2.75) is 26.3 Å². The number of hydrogen-bond donors (Lipinski definition) is 2. The van der Waals surface area contributed by atoms with Crippen LogP contribution in [0.25, 0.3) is 10.9 Å². The SMILES string of the molecule is Cc1c(CC(=O)O)c2cc(O)c(F)cc2n1Cc1csc(OC(F)(F)F)c1. The van der Waals surface area contributed by atoms with Gasteiger partial charge in [0.15, 0.2) is 16.6 Å². The van der Waals surface area contributed by atoms with Crippen LogP contribution in [-0.4, -0.2) is 27.1 Å². The quantitative estimate of drug-likeness (QED) is 0.619. The van der Waals surface area contributed by atoms with Gasteiger partial charge in [-0.25, -0.2) is 4.39 Å². The van der Waals surface area contributed by atoms with Crippen molar-refractivity contribution in [3.8, 4) is 10.8 Å². The summed E-state index contributed by atoms with van der Waals surface area (Å²) >= 11 is 0.766. The molecular weight excluding hydrogens is 390 g/mol. The van der Waals surface area contributed by atoms with Gasteiger partial charge in [0, 0.05) is 23.7 Å². The lowest BCUT2D eigenvalue weighted by Gasteiger charge is -2.08. The molecule has 0 unspecified atom stereocenters. The van der Waals surface area contributed by atoms with Crippen LogP contribution in [0.1, 0.15) is 16.8 Å². The molecule has 2 N–H and O–H groups in total. The average Bonchev–Trinajstić information content (AvgIpc) is 3.05. The standard InChI is InChI=1S/C17H13F4NO4S/c1-8-10(4-15(24)25)11-3-14(23)12(18)5-13(11)22(8)6-9-2-16(27-7-9)26-17(19,20)21/h2-3,5,7,23H,4,6H2,1H3,(H,24,25). The molecule has 2 aromatic heterocycles. The molecule has 0 radical (unpaired) electrons. The van der Waals surface area contributed by atoms with Gasteiger partial charge in [0.1, 0.15) is 0 Å². The number of carboxylic acid groups (broad SMARTS) is 1. The molecule has 27 heavy (non-hydrogen) atoms. The van der Waals surface area contributed by atoms with Gasteiger partial charge in [0.25, 0.3) is 0 Å². The summed E-state index contributed by atoms with van der Waals surface area (Å²) in [6.45, 7) is 1.72. The van der Waals surface area contributed by atoms with E-state index in [1.165, 1.54) is 11.4 Å². The molecule has 1 aromatic carbocycles. The lowest BCUT2D eigenvalue weighted by Crippen LogP contribution is -2.16. The molecule has 0 fully saturated rings.